The van der Waals surface area contributed by atoms with Crippen molar-refractivity contribution in [2.75, 3.05) is 0 Å². The average molecular weight is 312 g/mol. The highest BCUT2D eigenvalue weighted by atomic mass is 19.1. The van der Waals surface area contributed by atoms with Crippen molar-refractivity contribution in [3.63, 3.8) is 0 Å². The van der Waals surface area contributed by atoms with Gasteiger partial charge in [-0.25, -0.2) is 9.18 Å². The van der Waals surface area contributed by atoms with Crippen molar-refractivity contribution in [2.24, 2.45) is 0 Å². The predicted octanol–water partition coefficient (Wildman–Crippen LogP) is 3.09. The van der Waals surface area contributed by atoms with Gasteiger partial charge in [-0.15, -0.1) is 0 Å². The van der Waals surface area contributed by atoms with Crippen LogP contribution in [0.3, 0.4) is 0 Å². The zero-order valence-corrected chi connectivity index (χ0v) is 11.5. The van der Waals surface area contributed by atoms with E-state index in [9.17, 15) is 23.7 Å². The minimum atomic E-state index is -1.33. The number of nitro groups is 1. The molecule has 116 valence electrons. The summed E-state index contributed by atoms with van der Waals surface area (Å²) in [5.74, 6) is -3.25. The van der Waals surface area contributed by atoms with Gasteiger partial charge in [-0.2, -0.15) is 4.39 Å². The third kappa shape index (κ3) is 3.08. The summed E-state index contributed by atoms with van der Waals surface area (Å²) < 4.78 is 36.9. The second-order valence-electron chi connectivity index (χ2n) is 4.45. The van der Waals surface area contributed by atoms with Crippen molar-refractivity contribution in [3.8, 4) is 0 Å². The Labute approximate surface area is 122 Å². The van der Waals surface area contributed by atoms with Gasteiger partial charge >= 0.3 is 11.7 Å². The fraction of sp³-hybridized carbons (Fsp3) is 0.231. The predicted molar refractivity (Wildman–Crippen MR) is 68.1 cm³/mol. The second-order valence-corrected chi connectivity index (χ2v) is 4.45. The molecule has 1 unspecified atom stereocenters. The minimum Gasteiger partial charge on any atom is -0.452 e. The largest absolute Gasteiger partial charge is 0.452 e. The molecule has 1 aromatic heterocycles. The van der Waals surface area contributed by atoms with Gasteiger partial charge in [0.15, 0.2) is 0 Å². The normalized spacial score (nSPS) is 12.0. The molecule has 2 rings (SSSR count). The number of nitrogens with zero attached hydrogens (tertiary/aromatic N) is 2. The van der Waals surface area contributed by atoms with E-state index in [1.165, 1.54) is 13.0 Å². The Morgan fingerprint density at radius 3 is 2.59 bits per heavy atom. The lowest BCUT2D eigenvalue weighted by Gasteiger charge is -2.10. The molecule has 0 saturated carbocycles. The molecule has 1 heterocycles. The van der Waals surface area contributed by atoms with Gasteiger partial charge in [-0.3, -0.25) is 10.1 Å². The molecule has 1 atom stereocenters. The van der Waals surface area contributed by atoms with Crippen molar-refractivity contribution in [1.82, 2.24) is 5.16 Å². The first kappa shape index (κ1) is 15.5. The highest BCUT2D eigenvalue weighted by Crippen LogP contribution is 2.24. The monoisotopic (exact) mass is 312 g/mol. The number of esters is 1. The van der Waals surface area contributed by atoms with Gasteiger partial charge in [-0.1, -0.05) is 5.16 Å². The first-order chi connectivity index (χ1) is 10.3. The van der Waals surface area contributed by atoms with Gasteiger partial charge in [0.1, 0.15) is 23.4 Å². The number of carbonyl (C=O) groups excluding carboxylic acids is 1. The van der Waals surface area contributed by atoms with Gasteiger partial charge in [-0.05, 0) is 19.9 Å². The first-order valence-electron chi connectivity index (χ1n) is 6.07. The lowest BCUT2D eigenvalue weighted by molar-refractivity contribution is -0.387. The lowest BCUT2D eigenvalue weighted by atomic mass is 10.2. The SMILES string of the molecule is Cc1cc(C(C)OC(=O)c2cc(F)c([N+](=O)[O-])cc2F)no1. The van der Waals surface area contributed by atoms with Crippen LogP contribution >= 0.6 is 0 Å². The minimum absolute atomic E-state index is 0.300. The average Bonchev–Trinajstić information content (AvgIpc) is 2.87. The molecule has 0 spiro atoms. The zero-order valence-electron chi connectivity index (χ0n) is 11.5. The molecule has 0 fully saturated rings. The van der Waals surface area contributed by atoms with E-state index in [1.54, 1.807) is 6.92 Å². The number of rotatable bonds is 4. The fourth-order valence-corrected chi connectivity index (χ4v) is 1.69. The van der Waals surface area contributed by atoms with E-state index in [-0.39, 0.29) is 0 Å². The summed E-state index contributed by atoms with van der Waals surface area (Å²) >= 11 is 0. The smallest absolute Gasteiger partial charge is 0.341 e. The number of ether oxygens (including phenoxy) is 1. The maximum Gasteiger partial charge on any atom is 0.341 e. The first-order valence-corrected chi connectivity index (χ1v) is 6.07. The molecule has 0 aliphatic carbocycles. The Morgan fingerprint density at radius 1 is 1.36 bits per heavy atom. The number of aryl methyl sites for hydroxylation is 1. The van der Waals surface area contributed by atoms with Crippen molar-refractivity contribution in [1.29, 1.82) is 0 Å². The van der Waals surface area contributed by atoms with Crippen LogP contribution in [0.4, 0.5) is 14.5 Å². The fourth-order valence-electron chi connectivity index (χ4n) is 1.69. The molecule has 9 heteroatoms. The van der Waals surface area contributed by atoms with Crippen molar-refractivity contribution in [3.05, 3.63) is 57.0 Å². The van der Waals surface area contributed by atoms with Crippen LogP contribution in [0.1, 0.15) is 34.8 Å². The molecule has 7 nitrogen and oxygen atoms in total. The number of nitro benzene ring substituents is 1. The molecular formula is C13H10F2N2O5. The van der Waals surface area contributed by atoms with Crippen molar-refractivity contribution in [2.45, 2.75) is 20.0 Å². The molecule has 0 aliphatic rings. The van der Waals surface area contributed by atoms with E-state index in [2.05, 4.69) is 5.16 Å². The van der Waals surface area contributed by atoms with Crippen LogP contribution in [0, 0.1) is 28.7 Å². The van der Waals surface area contributed by atoms with Crippen molar-refractivity contribution < 1.29 is 27.8 Å². The van der Waals surface area contributed by atoms with Crippen molar-refractivity contribution >= 4 is 11.7 Å². The standard InChI is InChI=1S/C13H10F2N2O5/c1-6-3-11(16-22-6)7(2)21-13(18)8-4-10(15)12(17(19)20)5-9(8)14/h3-5,7H,1-2H3. The molecule has 0 amide bonds. The third-order valence-corrected chi connectivity index (χ3v) is 2.80. The van der Waals surface area contributed by atoms with Crippen LogP contribution < -0.4 is 0 Å². The Kier molecular flexibility index (Phi) is 4.15. The van der Waals surface area contributed by atoms with Gasteiger partial charge in [0, 0.05) is 6.07 Å². The van der Waals surface area contributed by atoms with E-state index in [0.29, 0.717) is 23.6 Å². The quantitative estimate of drug-likeness (QED) is 0.489. The topological polar surface area (TPSA) is 95.5 Å². The molecule has 0 saturated heterocycles. The molecule has 0 N–H and O–H groups in total. The van der Waals surface area contributed by atoms with E-state index in [1.807, 2.05) is 0 Å². The van der Waals surface area contributed by atoms with Gasteiger partial charge in [0.25, 0.3) is 0 Å². The number of benzene rings is 1. The highest BCUT2D eigenvalue weighted by Gasteiger charge is 2.25. The summed E-state index contributed by atoms with van der Waals surface area (Å²) in [6, 6.07) is 2.28. The maximum absolute atomic E-state index is 13.7. The summed E-state index contributed by atoms with van der Waals surface area (Å²) in [5.41, 5.74) is -1.50. The summed E-state index contributed by atoms with van der Waals surface area (Å²) in [6.07, 6.45) is -0.859. The molecule has 0 aliphatic heterocycles. The number of hydrogen-bond acceptors (Lipinski definition) is 6. The summed E-state index contributed by atoms with van der Waals surface area (Å²) in [6.45, 7) is 3.10. The molecule has 0 radical (unpaired) electrons. The van der Waals surface area contributed by atoms with Crippen LogP contribution in [-0.2, 0) is 4.74 Å². The van der Waals surface area contributed by atoms with Gasteiger partial charge in [0.2, 0.25) is 5.82 Å². The summed E-state index contributed by atoms with van der Waals surface area (Å²) in [5, 5.41) is 14.1. The van der Waals surface area contributed by atoms with Crippen LogP contribution in [0.5, 0.6) is 0 Å². The van der Waals surface area contributed by atoms with Crippen LogP contribution in [-0.4, -0.2) is 16.0 Å². The van der Waals surface area contributed by atoms with Crippen LogP contribution in [0.15, 0.2) is 22.7 Å². The highest BCUT2D eigenvalue weighted by molar-refractivity contribution is 5.90. The van der Waals surface area contributed by atoms with E-state index in [0.717, 1.165) is 0 Å². The molecule has 2 aromatic rings. The second kappa shape index (κ2) is 5.88. The molecule has 1 aromatic carbocycles. The van der Waals surface area contributed by atoms with Crippen LogP contribution in [0.2, 0.25) is 0 Å². The molecule has 22 heavy (non-hydrogen) atoms. The number of halogens is 2. The van der Waals surface area contributed by atoms with Gasteiger partial charge in [0.05, 0.1) is 16.6 Å². The Bertz CT molecular complexity index is 744. The maximum atomic E-state index is 13.7. The number of aromatic nitrogens is 1. The lowest BCUT2D eigenvalue weighted by Crippen LogP contribution is -2.12. The summed E-state index contributed by atoms with van der Waals surface area (Å²) in [4.78, 5) is 21.2. The summed E-state index contributed by atoms with van der Waals surface area (Å²) in [7, 11) is 0. The Hall–Kier alpha value is -2.84. The van der Waals surface area contributed by atoms with Crippen LogP contribution in [0.25, 0.3) is 0 Å². The number of carbonyl (C=O) groups is 1. The Balaban J connectivity index is 2.23. The van der Waals surface area contributed by atoms with E-state index in [4.69, 9.17) is 9.26 Å². The zero-order chi connectivity index (χ0) is 16.4. The van der Waals surface area contributed by atoms with E-state index < -0.39 is 39.9 Å². The molecular weight excluding hydrogens is 302 g/mol. The third-order valence-electron chi connectivity index (χ3n) is 2.80. The van der Waals surface area contributed by atoms with Gasteiger partial charge < -0.3 is 9.26 Å². The molecule has 0 bridgehead atoms. The number of hydrogen-bond donors (Lipinski definition) is 0. The van der Waals surface area contributed by atoms with E-state index >= 15 is 0 Å². The Morgan fingerprint density at radius 2 is 2.05 bits per heavy atom.